The Kier molecular flexibility index (Phi) is 6.84. The Balaban J connectivity index is 1.67. The van der Waals surface area contributed by atoms with Crippen LogP contribution in [0.1, 0.15) is 42.3 Å². The minimum atomic E-state index is -0.475. The van der Waals surface area contributed by atoms with Crippen LogP contribution in [0.4, 0.5) is 0 Å². The summed E-state index contributed by atoms with van der Waals surface area (Å²) in [6.07, 6.45) is 0.779. The molecule has 0 saturated heterocycles. The molecular formula is C31H28N2O4. The van der Waals surface area contributed by atoms with E-state index in [1.54, 1.807) is 11.5 Å². The molecule has 6 nitrogen and oxygen atoms in total. The van der Waals surface area contributed by atoms with Crippen molar-refractivity contribution in [1.82, 2.24) is 4.57 Å². The van der Waals surface area contributed by atoms with E-state index < -0.39 is 5.97 Å². The molecule has 0 aliphatic heterocycles. The summed E-state index contributed by atoms with van der Waals surface area (Å²) in [6, 6.07) is 25.8. The fourth-order valence-corrected chi connectivity index (χ4v) is 4.64. The number of carbonyl (C=O) groups is 2. The lowest BCUT2D eigenvalue weighted by molar-refractivity contribution is -0.140. The van der Waals surface area contributed by atoms with Gasteiger partial charge in [0.1, 0.15) is 0 Å². The Bertz CT molecular complexity index is 1680. The molecule has 0 atom stereocenters. The molecule has 0 N–H and O–H groups in total. The second kappa shape index (κ2) is 10.4. The number of ether oxygens (including phenoxy) is 1. The number of nitrogens with zero attached hydrogens (tertiary/aromatic N) is 2. The van der Waals surface area contributed by atoms with Crippen LogP contribution >= 0.6 is 0 Å². The van der Waals surface area contributed by atoms with Gasteiger partial charge in [-0.25, -0.2) is 4.79 Å². The number of oxime groups is 1. The van der Waals surface area contributed by atoms with Crippen LogP contribution < -0.4 is 0 Å². The van der Waals surface area contributed by atoms with Crippen molar-refractivity contribution in [3.8, 4) is 0 Å². The molecule has 0 fully saturated rings. The highest BCUT2D eigenvalue weighted by Crippen LogP contribution is 2.32. The average Bonchev–Trinajstić information content (AvgIpc) is 3.24. The zero-order valence-corrected chi connectivity index (χ0v) is 21.2. The largest absolute Gasteiger partial charge is 0.381 e. The van der Waals surface area contributed by atoms with E-state index in [2.05, 4.69) is 17.3 Å². The lowest BCUT2D eigenvalue weighted by Gasteiger charge is -2.08. The van der Waals surface area contributed by atoms with E-state index in [1.807, 2.05) is 73.7 Å². The first-order valence-electron chi connectivity index (χ1n) is 12.4. The van der Waals surface area contributed by atoms with Gasteiger partial charge in [-0.3, -0.25) is 9.36 Å². The van der Waals surface area contributed by atoms with E-state index in [9.17, 15) is 9.59 Å². The minimum absolute atomic E-state index is 0.0918. The predicted octanol–water partition coefficient (Wildman–Crippen LogP) is 6.50. The third kappa shape index (κ3) is 4.88. The summed E-state index contributed by atoms with van der Waals surface area (Å²) in [7, 11) is 0. The van der Waals surface area contributed by atoms with Gasteiger partial charge in [0.05, 0.1) is 23.4 Å². The highest BCUT2D eigenvalue weighted by molar-refractivity contribution is 6.18. The summed E-state index contributed by atoms with van der Waals surface area (Å²) in [5, 5.41) is 7.95. The number of benzene rings is 4. The summed E-state index contributed by atoms with van der Waals surface area (Å²) in [5.74, 6) is -0.567. The Morgan fingerprint density at radius 2 is 1.51 bits per heavy atom. The molecule has 1 aromatic heterocycles. The first-order valence-corrected chi connectivity index (χ1v) is 12.4. The van der Waals surface area contributed by atoms with Gasteiger partial charge in [0.25, 0.3) is 5.91 Å². The van der Waals surface area contributed by atoms with Gasteiger partial charge in [0.2, 0.25) is 0 Å². The number of rotatable bonds is 7. The number of fused-ring (bicyclic) bond motifs is 4. The van der Waals surface area contributed by atoms with Crippen molar-refractivity contribution in [3.05, 3.63) is 95.6 Å². The lowest BCUT2D eigenvalue weighted by atomic mass is 10.0. The first kappa shape index (κ1) is 24.4. The van der Waals surface area contributed by atoms with Crippen molar-refractivity contribution in [2.75, 3.05) is 13.2 Å². The molecule has 0 bridgehead atoms. The molecule has 5 rings (SSSR count). The molecule has 6 heteroatoms. The van der Waals surface area contributed by atoms with Crippen LogP contribution in [0, 0.1) is 0 Å². The predicted molar refractivity (Wildman–Crippen MR) is 147 cm³/mol. The zero-order valence-electron chi connectivity index (χ0n) is 21.2. The number of hydrogen-bond acceptors (Lipinski definition) is 5. The number of aromatic nitrogens is 1. The van der Waals surface area contributed by atoms with Crippen molar-refractivity contribution in [1.29, 1.82) is 0 Å². The Labute approximate surface area is 215 Å². The zero-order chi connectivity index (χ0) is 25.9. The SMILES string of the molecule is CCOCCc1ccc2c(c1)c1cc(/C(C)=N/OC(C)=O)ccc1n2C(=O)c1ccc2ccccc2c1. The molecule has 37 heavy (non-hydrogen) atoms. The van der Waals surface area contributed by atoms with E-state index in [4.69, 9.17) is 9.57 Å². The van der Waals surface area contributed by atoms with Gasteiger partial charge in [-0.2, -0.15) is 0 Å². The normalized spacial score (nSPS) is 11.9. The summed E-state index contributed by atoms with van der Waals surface area (Å²) in [6.45, 7) is 6.39. The molecule has 1 heterocycles. The third-order valence-corrected chi connectivity index (χ3v) is 6.50. The summed E-state index contributed by atoms with van der Waals surface area (Å²) < 4.78 is 7.33. The topological polar surface area (TPSA) is 69.9 Å². The third-order valence-electron chi connectivity index (χ3n) is 6.50. The van der Waals surface area contributed by atoms with E-state index >= 15 is 0 Å². The van der Waals surface area contributed by atoms with Crippen LogP contribution in [0.3, 0.4) is 0 Å². The molecular weight excluding hydrogens is 464 g/mol. The molecule has 4 aromatic carbocycles. The first-order chi connectivity index (χ1) is 18.0. The van der Waals surface area contributed by atoms with Crippen LogP contribution in [-0.2, 0) is 20.8 Å². The standard InChI is InChI=1S/C31H28N2O4/c1-4-36-16-15-22-9-13-29-27(17-22)28-19-24(20(2)32-37-21(3)34)12-14-30(28)33(29)31(35)26-11-10-23-7-5-6-8-25(23)18-26/h5-14,17-19H,4,15-16H2,1-3H3/b32-20+. The van der Waals surface area contributed by atoms with E-state index in [0.717, 1.165) is 50.1 Å². The molecule has 0 radical (unpaired) electrons. The second-order valence-electron chi connectivity index (χ2n) is 8.99. The maximum absolute atomic E-state index is 13.9. The Morgan fingerprint density at radius 1 is 0.811 bits per heavy atom. The van der Waals surface area contributed by atoms with Crippen molar-refractivity contribution in [3.63, 3.8) is 0 Å². The Hall–Kier alpha value is -4.29. The van der Waals surface area contributed by atoms with E-state index in [1.165, 1.54) is 6.92 Å². The fourth-order valence-electron chi connectivity index (χ4n) is 4.64. The Morgan fingerprint density at radius 3 is 2.27 bits per heavy atom. The van der Waals surface area contributed by atoms with Crippen molar-refractivity contribution in [2.45, 2.75) is 27.2 Å². The van der Waals surface area contributed by atoms with Gasteiger partial charge >= 0.3 is 5.97 Å². The molecule has 0 aliphatic rings. The van der Waals surface area contributed by atoms with Crippen LogP contribution in [0.15, 0.2) is 84.0 Å². The monoisotopic (exact) mass is 492 g/mol. The molecule has 0 amide bonds. The fraction of sp³-hybridized carbons (Fsp3) is 0.194. The molecule has 0 spiro atoms. The summed E-state index contributed by atoms with van der Waals surface area (Å²) in [5.41, 5.74) is 4.78. The average molecular weight is 493 g/mol. The molecule has 5 aromatic rings. The lowest BCUT2D eigenvalue weighted by Crippen LogP contribution is -2.11. The molecule has 0 unspecified atom stereocenters. The maximum Gasteiger partial charge on any atom is 0.331 e. The highest BCUT2D eigenvalue weighted by atomic mass is 16.7. The molecule has 186 valence electrons. The van der Waals surface area contributed by atoms with Gasteiger partial charge in [-0.15, -0.1) is 0 Å². The maximum atomic E-state index is 13.9. The smallest absolute Gasteiger partial charge is 0.331 e. The van der Waals surface area contributed by atoms with Crippen LogP contribution in [-0.4, -0.2) is 35.4 Å². The van der Waals surface area contributed by atoms with Crippen LogP contribution in [0.5, 0.6) is 0 Å². The number of hydrogen-bond donors (Lipinski definition) is 0. The summed E-state index contributed by atoms with van der Waals surface area (Å²) in [4.78, 5) is 30.0. The molecule has 0 saturated carbocycles. The van der Waals surface area contributed by atoms with Crippen molar-refractivity contribution >= 4 is 50.2 Å². The van der Waals surface area contributed by atoms with Crippen LogP contribution in [0.2, 0.25) is 0 Å². The molecule has 0 aliphatic carbocycles. The van der Waals surface area contributed by atoms with E-state index in [0.29, 0.717) is 24.5 Å². The van der Waals surface area contributed by atoms with Gasteiger partial charge in [0, 0.05) is 29.9 Å². The van der Waals surface area contributed by atoms with Gasteiger partial charge in [-0.05, 0) is 78.6 Å². The highest BCUT2D eigenvalue weighted by Gasteiger charge is 2.19. The van der Waals surface area contributed by atoms with Gasteiger partial charge in [0.15, 0.2) is 0 Å². The van der Waals surface area contributed by atoms with E-state index in [-0.39, 0.29) is 5.91 Å². The minimum Gasteiger partial charge on any atom is -0.381 e. The van der Waals surface area contributed by atoms with Crippen LogP contribution in [0.25, 0.3) is 32.6 Å². The van der Waals surface area contributed by atoms with Gasteiger partial charge in [-0.1, -0.05) is 47.6 Å². The second-order valence-corrected chi connectivity index (χ2v) is 8.99. The quantitative estimate of drug-likeness (QED) is 0.113. The van der Waals surface area contributed by atoms with Crippen molar-refractivity contribution < 1.29 is 19.2 Å². The van der Waals surface area contributed by atoms with Gasteiger partial charge < -0.3 is 9.57 Å². The summed E-state index contributed by atoms with van der Waals surface area (Å²) >= 11 is 0. The number of carbonyl (C=O) groups excluding carboxylic acids is 2. The van der Waals surface area contributed by atoms with Crippen molar-refractivity contribution in [2.24, 2.45) is 5.16 Å².